The number of hydrogen-bond donors (Lipinski definition) is 0. The molecule has 0 fully saturated rings. The topological polar surface area (TPSA) is 62.6 Å². The molecule has 5 nitrogen and oxygen atoms in total. The molecule has 2 rings (SSSR count). The summed E-state index contributed by atoms with van der Waals surface area (Å²) in [5.74, 6) is 0.463. The maximum Gasteiger partial charge on any atom is 0.160 e. The molecular weight excluding hydrogens is 242 g/mol. The Morgan fingerprint density at radius 2 is 2.16 bits per heavy atom. The minimum atomic E-state index is -0.605. The SMILES string of the molecule is CC(=O)C1=C(C)N=C(c2ccccn2)N(C)C1C=O. The third kappa shape index (κ3) is 2.31. The highest BCUT2D eigenvalue weighted by molar-refractivity contribution is 6.06. The number of Topliss-reactive ketones (excluding diaryl/α,β-unsaturated/α-hetero) is 1. The number of amidine groups is 1. The first-order valence-electron chi connectivity index (χ1n) is 5.96. The van der Waals surface area contributed by atoms with Gasteiger partial charge in [0.05, 0.1) is 0 Å². The molecule has 2 heterocycles. The number of aliphatic imine (C=N–C) groups is 1. The number of nitrogens with zero attached hydrogens (tertiary/aromatic N) is 3. The molecule has 1 aromatic rings. The summed E-state index contributed by atoms with van der Waals surface area (Å²) in [6.45, 7) is 3.19. The third-order valence-electron chi connectivity index (χ3n) is 3.11. The Labute approximate surface area is 111 Å². The van der Waals surface area contributed by atoms with E-state index in [1.54, 1.807) is 25.1 Å². The molecule has 0 amide bonds. The summed E-state index contributed by atoms with van der Waals surface area (Å²) in [6, 6.07) is 4.89. The summed E-state index contributed by atoms with van der Waals surface area (Å²) in [7, 11) is 1.74. The van der Waals surface area contributed by atoms with Crippen LogP contribution in [0, 0.1) is 0 Å². The van der Waals surface area contributed by atoms with E-state index in [9.17, 15) is 9.59 Å². The number of rotatable bonds is 3. The van der Waals surface area contributed by atoms with Crippen molar-refractivity contribution in [1.29, 1.82) is 0 Å². The van der Waals surface area contributed by atoms with Crippen LogP contribution in [0.4, 0.5) is 0 Å². The summed E-state index contributed by atoms with van der Waals surface area (Å²) in [5, 5.41) is 0. The van der Waals surface area contributed by atoms with Crippen molar-refractivity contribution in [3.63, 3.8) is 0 Å². The van der Waals surface area contributed by atoms with E-state index in [-0.39, 0.29) is 5.78 Å². The lowest BCUT2D eigenvalue weighted by atomic mass is 9.99. The Hall–Kier alpha value is -2.30. The second kappa shape index (κ2) is 5.14. The zero-order chi connectivity index (χ0) is 14.0. The van der Waals surface area contributed by atoms with Crippen LogP contribution in [0.2, 0.25) is 0 Å². The van der Waals surface area contributed by atoms with Crippen LogP contribution in [0.1, 0.15) is 19.5 Å². The number of allylic oxidation sites excluding steroid dienone is 1. The van der Waals surface area contributed by atoms with Gasteiger partial charge in [0.25, 0.3) is 0 Å². The van der Waals surface area contributed by atoms with Gasteiger partial charge in [-0.05, 0) is 26.0 Å². The quantitative estimate of drug-likeness (QED) is 0.763. The second-order valence-corrected chi connectivity index (χ2v) is 4.40. The molecule has 0 radical (unpaired) electrons. The Bertz CT molecular complexity index is 576. The maximum absolute atomic E-state index is 11.6. The van der Waals surface area contributed by atoms with Gasteiger partial charge in [-0.25, -0.2) is 4.99 Å². The predicted octanol–water partition coefficient (Wildman–Crippen LogP) is 1.20. The van der Waals surface area contributed by atoms with Crippen LogP contribution in [-0.4, -0.2) is 40.9 Å². The molecule has 1 unspecified atom stereocenters. The molecule has 19 heavy (non-hydrogen) atoms. The Morgan fingerprint density at radius 1 is 1.42 bits per heavy atom. The first-order chi connectivity index (χ1) is 9.06. The molecule has 0 aliphatic carbocycles. The number of carbonyl (C=O) groups excluding carboxylic acids is 2. The highest BCUT2D eigenvalue weighted by Gasteiger charge is 2.31. The van der Waals surface area contributed by atoms with E-state index in [2.05, 4.69) is 9.98 Å². The van der Waals surface area contributed by atoms with Gasteiger partial charge in [0.15, 0.2) is 11.6 Å². The fourth-order valence-electron chi connectivity index (χ4n) is 2.19. The summed E-state index contributed by atoms with van der Waals surface area (Å²) in [6.07, 6.45) is 2.43. The molecule has 5 heteroatoms. The van der Waals surface area contributed by atoms with Gasteiger partial charge in [-0.2, -0.15) is 0 Å². The second-order valence-electron chi connectivity index (χ2n) is 4.40. The number of likely N-dealkylation sites (N-methyl/N-ethyl adjacent to an activating group) is 1. The summed E-state index contributed by atoms with van der Waals surface area (Å²) >= 11 is 0. The number of aromatic nitrogens is 1. The lowest BCUT2D eigenvalue weighted by Crippen LogP contribution is -2.44. The number of hydrogen-bond acceptors (Lipinski definition) is 5. The zero-order valence-corrected chi connectivity index (χ0v) is 11.1. The number of ketones is 1. The van der Waals surface area contributed by atoms with Crippen LogP contribution >= 0.6 is 0 Å². The smallest absolute Gasteiger partial charge is 0.160 e. The van der Waals surface area contributed by atoms with E-state index < -0.39 is 6.04 Å². The molecule has 0 spiro atoms. The molecule has 0 N–H and O–H groups in total. The van der Waals surface area contributed by atoms with E-state index in [4.69, 9.17) is 0 Å². The molecule has 1 aliphatic heterocycles. The molecule has 1 aliphatic rings. The average Bonchev–Trinajstić information content (AvgIpc) is 2.41. The minimum Gasteiger partial charge on any atom is -0.344 e. The van der Waals surface area contributed by atoms with Crippen LogP contribution < -0.4 is 0 Å². The predicted molar refractivity (Wildman–Crippen MR) is 71.8 cm³/mol. The highest BCUT2D eigenvalue weighted by Crippen LogP contribution is 2.22. The van der Waals surface area contributed by atoms with Crippen molar-refractivity contribution in [2.24, 2.45) is 4.99 Å². The van der Waals surface area contributed by atoms with Gasteiger partial charge in [-0.15, -0.1) is 0 Å². The van der Waals surface area contributed by atoms with E-state index in [1.807, 2.05) is 18.2 Å². The van der Waals surface area contributed by atoms with Crippen molar-refractivity contribution in [1.82, 2.24) is 9.88 Å². The van der Waals surface area contributed by atoms with E-state index in [1.165, 1.54) is 6.92 Å². The number of pyridine rings is 1. The molecule has 1 atom stereocenters. The molecule has 0 bridgehead atoms. The Morgan fingerprint density at radius 3 is 2.68 bits per heavy atom. The summed E-state index contributed by atoms with van der Waals surface area (Å²) < 4.78 is 0. The van der Waals surface area contributed by atoms with Crippen LogP contribution in [0.15, 0.2) is 40.7 Å². The summed E-state index contributed by atoms with van der Waals surface area (Å²) in [4.78, 5) is 33.3. The first-order valence-corrected chi connectivity index (χ1v) is 5.96. The summed E-state index contributed by atoms with van der Waals surface area (Å²) in [5.41, 5.74) is 1.69. The monoisotopic (exact) mass is 257 g/mol. The third-order valence-corrected chi connectivity index (χ3v) is 3.11. The van der Waals surface area contributed by atoms with Crippen LogP contribution in [0.3, 0.4) is 0 Å². The van der Waals surface area contributed by atoms with Gasteiger partial charge in [0, 0.05) is 24.5 Å². The highest BCUT2D eigenvalue weighted by atomic mass is 16.1. The normalized spacial score (nSPS) is 19.2. The van der Waals surface area contributed by atoms with Crippen LogP contribution in [0.5, 0.6) is 0 Å². The molecule has 0 saturated carbocycles. The molecule has 1 aromatic heterocycles. The van der Waals surface area contributed by atoms with Crippen molar-refractivity contribution in [3.05, 3.63) is 41.4 Å². The fraction of sp³-hybridized carbons (Fsp3) is 0.286. The molecule has 0 aromatic carbocycles. The van der Waals surface area contributed by atoms with Crippen molar-refractivity contribution < 1.29 is 9.59 Å². The van der Waals surface area contributed by atoms with Crippen molar-refractivity contribution >= 4 is 17.9 Å². The Balaban J connectivity index is 2.56. The Kier molecular flexibility index (Phi) is 3.55. The van der Waals surface area contributed by atoms with Crippen LogP contribution in [-0.2, 0) is 9.59 Å². The van der Waals surface area contributed by atoms with Crippen molar-refractivity contribution in [2.75, 3.05) is 7.05 Å². The number of carbonyl (C=O) groups is 2. The van der Waals surface area contributed by atoms with E-state index >= 15 is 0 Å². The number of aldehydes is 1. The van der Waals surface area contributed by atoms with Gasteiger partial charge in [0.1, 0.15) is 18.0 Å². The molecule has 98 valence electrons. The molecule has 0 saturated heterocycles. The van der Waals surface area contributed by atoms with Crippen LogP contribution in [0.25, 0.3) is 0 Å². The first kappa shape index (κ1) is 13.1. The van der Waals surface area contributed by atoms with Gasteiger partial charge >= 0.3 is 0 Å². The van der Waals surface area contributed by atoms with Gasteiger partial charge in [-0.1, -0.05) is 6.07 Å². The van der Waals surface area contributed by atoms with Gasteiger partial charge in [0.2, 0.25) is 0 Å². The fourth-order valence-corrected chi connectivity index (χ4v) is 2.19. The maximum atomic E-state index is 11.6. The zero-order valence-electron chi connectivity index (χ0n) is 11.1. The lowest BCUT2D eigenvalue weighted by Gasteiger charge is -2.32. The van der Waals surface area contributed by atoms with Gasteiger partial charge < -0.3 is 9.69 Å². The van der Waals surface area contributed by atoms with Crippen molar-refractivity contribution in [2.45, 2.75) is 19.9 Å². The van der Waals surface area contributed by atoms with Gasteiger partial charge in [-0.3, -0.25) is 9.78 Å². The minimum absolute atomic E-state index is 0.134. The lowest BCUT2D eigenvalue weighted by molar-refractivity contribution is -0.117. The standard InChI is InChI=1S/C14H15N3O2/c1-9-13(10(2)19)12(8-18)17(3)14(16-9)11-6-4-5-7-15-11/h4-8,12H,1-3H3. The van der Waals surface area contributed by atoms with Crippen molar-refractivity contribution in [3.8, 4) is 0 Å². The van der Waals surface area contributed by atoms with E-state index in [0.717, 1.165) is 6.29 Å². The average molecular weight is 257 g/mol. The van der Waals surface area contributed by atoms with E-state index in [0.29, 0.717) is 22.8 Å². The molecular formula is C14H15N3O2. The largest absolute Gasteiger partial charge is 0.344 e.